The van der Waals surface area contributed by atoms with Crippen LogP contribution in [0.1, 0.15) is 30.0 Å². The summed E-state index contributed by atoms with van der Waals surface area (Å²) in [5.41, 5.74) is 2.79. The lowest BCUT2D eigenvalue weighted by atomic mass is 10.0. The Balaban J connectivity index is 1.75. The van der Waals surface area contributed by atoms with Crippen molar-refractivity contribution >= 4 is 23.2 Å². The summed E-state index contributed by atoms with van der Waals surface area (Å²) in [7, 11) is 3.32. The van der Waals surface area contributed by atoms with Gasteiger partial charge in [-0.25, -0.2) is 0 Å². The third kappa shape index (κ3) is 4.54. The molecule has 1 aliphatic heterocycles. The molecule has 0 spiro atoms. The van der Waals surface area contributed by atoms with E-state index in [-0.39, 0.29) is 11.9 Å². The third-order valence-electron chi connectivity index (χ3n) is 4.98. The predicted octanol–water partition coefficient (Wildman–Crippen LogP) is 4.44. The first-order chi connectivity index (χ1) is 13.0. The predicted molar refractivity (Wildman–Crippen MR) is 108 cm³/mol. The summed E-state index contributed by atoms with van der Waals surface area (Å²) < 4.78 is 10.9. The van der Waals surface area contributed by atoms with E-state index >= 15 is 0 Å². The number of methoxy groups -OCH3 is 2. The number of carbonyl (C=O) groups is 1. The first-order valence-corrected chi connectivity index (χ1v) is 9.41. The Kier molecular flexibility index (Phi) is 6.24. The average Bonchev–Trinajstić information content (AvgIpc) is 3.11. The third-order valence-corrected chi connectivity index (χ3v) is 5.22. The van der Waals surface area contributed by atoms with Crippen molar-refractivity contribution < 1.29 is 14.3 Å². The molecule has 6 heteroatoms. The molecule has 3 rings (SSSR count). The molecule has 1 amide bonds. The van der Waals surface area contributed by atoms with Crippen LogP contribution in [0.2, 0.25) is 5.02 Å². The summed E-state index contributed by atoms with van der Waals surface area (Å²) >= 11 is 6.05. The molecule has 0 radical (unpaired) electrons. The first-order valence-electron chi connectivity index (χ1n) is 9.04. The van der Waals surface area contributed by atoms with Crippen LogP contribution in [0.5, 0.6) is 11.5 Å². The van der Waals surface area contributed by atoms with Gasteiger partial charge in [-0.05, 0) is 62.2 Å². The van der Waals surface area contributed by atoms with Gasteiger partial charge in [0.15, 0.2) is 0 Å². The van der Waals surface area contributed by atoms with Crippen LogP contribution in [0.3, 0.4) is 0 Å². The maximum atomic E-state index is 12.6. The average molecular weight is 389 g/mol. The molecule has 0 aromatic heterocycles. The number of anilines is 1. The van der Waals surface area contributed by atoms with Crippen LogP contribution in [0.15, 0.2) is 36.4 Å². The molecule has 5 nitrogen and oxygen atoms in total. The van der Waals surface area contributed by atoms with Gasteiger partial charge in [-0.2, -0.15) is 0 Å². The van der Waals surface area contributed by atoms with Crippen molar-refractivity contribution in [3.8, 4) is 11.5 Å². The minimum atomic E-state index is -0.0471. The van der Waals surface area contributed by atoms with Crippen LogP contribution in [-0.2, 0) is 4.79 Å². The minimum absolute atomic E-state index is 0.0471. The first kappa shape index (κ1) is 19.5. The Hall–Kier alpha value is -2.24. The van der Waals surface area contributed by atoms with E-state index in [4.69, 9.17) is 21.1 Å². The number of aryl methyl sites for hydroxylation is 1. The zero-order chi connectivity index (χ0) is 19.4. The maximum Gasteiger partial charge on any atom is 0.238 e. The molecule has 1 atom stereocenters. The second-order valence-corrected chi connectivity index (χ2v) is 7.18. The van der Waals surface area contributed by atoms with E-state index in [9.17, 15) is 4.79 Å². The SMILES string of the molecule is COc1ccc(OC)c([C@@H]2CCCN2CC(=O)Nc2cc(Cl)ccc2C)c1. The van der Waals surface area contributed by atoms with Gasteiger partial charge in [-0.1, -0.05) is 17.7 Å². The minimum Gasteiger partial charge on any atom is -0.497 e. The number of nitrogens with zero attached hydrogens (tertiary/aromatic N) is 1. The van der Waals surface area contributed by atoms with Gasteiger partial charge < -0.3 is 14.8 Å². The number of amides is 1. The molecule has 1 N–H and O–H groups in total. The van der Waals surface area contributed by atoms with E-state index in [1.54, 1.807) is 20.3 Å². The summed E-state index contributed by atoms with van der Waals surface area (Å²) in [6.45, 7) is 3.13. The molecule has 0 bridgehead atoms. The maximum absolute atomic E-state index is 12.6. The number of nitrogens with one attached hydrogen (secondary N) is 1. The van der Waals surface area contributed by atoms with E-state index < -0.39 is 0 Å². The molecule has 27 heavy (non-hydrogen) atoms. The molecule has 0 unspecified atom stereocenters. The molecule has 1 aliphatic rings. The van der Waals surface area contributed by atoms with E-state index in [1.165, 1.54) is 0 Å². The van der Waals surface area contributed by atoms with Crippen molar-refractivity contribution in [1.82, 2.24) is 4.90 Å². The normalized spacial score (nSPS) is 17.0. The zero-order valence-corrected chi connectivity index (χ0v) is 16.7. The molecule has 2 aromatic carbocycles. The van der Waals surface area contributed by atoms with E-state index in [0.717, 1.165) is 47.7 Å². The molecule has 1 heterocycles. The van der Waals surface area contributed by atoms with Gasteiger partial charge in [0.25, 0.3) is 0 Å². The number of carbonyl (C=O) groups excluding carboxylic acids is 1. The highest BCUT2D eigenvalue weighted by Gasteiger charge is 2.30. The highest BCUT2D eigenvalue weighted by molar-refractivity contribution is 6.31. The quantitative estimate of drug-likeness (QED) is 0.794. The lowest BCUT2D eigenvalue weighted by Gasteiger charge is -2.26. The van der Waals surface area contributed by atoms with Gasteiger partial charge in [0.2, 0.25) is 5.91 Å². The number of halogens is 1. The van der Waals surface area contributed by atoms with Crippen molar-refractivity contribution in [2.45, 2.75) is 25.8 Å². The summed E-state index contributed by atoms with van der Waals surface area (Å²) in [4.78, 5) is 14.8. The molecule has 0 saturated carbocycles. The lowest BCUT2D eigenvalue weighted by molar-refractivity contribution is -0.117. The Morgan fingerprint density at radius 2 is 2.04 bits per heavy atom. The fourth-order valence-corrected chi connectivity index (χ4v) is 3.74. The number of hydrogen-bond donors (Lipinski definition) is 1. The second-order valence-electron chi connectivity index (χ2n) is 6.74. The van der Waals surface area contributed by atoms with Gasteiger partial charge >= 0.3 is 0 Å². The van der Waals surface area contributed by atoms with Crippen LogP contribution >= 0.6 is 11.6 Å². The van der Waals surface area contributed by atoms with Crippen molar-refractivity contribution in [3.63, 3.8) is 0 Å². The second kappa shape index (κ2) is 8.63. The molecule has 1 saturated heterocycles. The smallest absolute Gasteiger partial charge is 0.238 e. The number of likely N-dealkylation sites (tertiary alicyclic amines) is 1. The van der Waals surface area contributed by atoms with Gasteiger partial charge in [0.05, 0.1) is 20.8 Å². The highest BCUT2D eigenvalue weighted by Crippen LogP contribution is 2.38. The monoisotopic (exact) mass is 388 g/mol. The van der Waals surface area contributed by atoms with Crippen molar-refractivity contribution in [1.29, 1.82) is 0 Å². The number of benzene rings is 2. The summed E-state index contributed by atoms with van der Waals surface area (Å²) in [6.07, 6.45) is 2.02. The summed E-state index contributed by atoms with van der Waals surface area (Å²) in [5.74, 6) is 1.56. The number of ether oxygens (including phenoxy) is 2. The molecular formula is C21H25ClN2O3. The topological polar surface area (TPSA) is 50.8 Å². The van der Waals surface area contributed by atoms with Crippen LogP contribution in [0.25, 0.3) is 0 Å². The Morgan fingerprint density at radius 3 is 2.78 bits per heavy atom. The fourth-order valence-electron chi connectivity index (χ4n) is 3.57. The molecule has 0 aliphatic carbocycles. The molecular weight excluding hydrogens is 364 g/mol. The summed E-state index contributed by atoms with van der Waals surface area (Å²) in [6, 6.07) is 11.4. The van der Waals surface area contributed by atoms with Crippen LogP contribution in [0.4, 0.5) is 5.69 Å². The number of rotatable bonds is 6. The standard InChI is InChI=1S/C21H25ClN2O3/c1-14-6-7-15(22)11-18(14)23-21(25)13-24-10-4-5-19(24)17-12-16(26-2)8-9-20(17)27-3/h6-9,11-12,19H,4-5,10,13H2,1-3H3,(H,23,25)/t19-/m0/s1. The Morgan fingerprint density at radius 1 is 1.22 bits per heavy atom. The zero-order valence-electron chi connectivity index (χ0n) is 15.9. The summed E-state index contributed by atoms with van der Waals surface area (Å²) in [5, 5.41) is 3.59. The van der Waals surface area contributed by atoms with E-state index in [2.05, 4.69) is 10.2 Å². The Bertz CT molecular complexity index is 825. The van der Waals surface area contributed by atoms with E-state index in [1.807, 2.05) is 37.3 Å². The van der Waals surface area contributed by atoms with E-state index in [0.29, 0.717) is 11.6 Å². The van der Waals surface area contributed by atoms with Crippen molar-refractivity contribution in [2.75, 3.05) is 32.6 Å². The molecule has 1 fully saturated rings. The Labute approximate surface area is 165 Å². The highest BCUT2D eigenvalue weighted by atomic mass is 35.5. The van der Waals surface area contributed by atoms with Gasteiger partial charge in [-0.15, -0.1) is 0 Å². The van der Waals surface area contributed by atoms with Gasteiger partial charge in [0, 0.05) is 22.3 Å². The van der Waals surface area contributed by atoms with Crippen LogP contribution in [-0.4, -0.2) is 38.1 Å². The van der Waals surface area contributed by atoms with Crippen LogP contribution < -0.4 is 14.8 Å². The lowest BCUT2D eigenvalue weighted by Crippen LogP contribution is -2.33. The largest absolute Gasteiger partial charge is 0.497 e. The molecule has 144 valence electrons. The van der Waals surface area contributed by atoms with Crippen LogP contribution in [0, 0.1) is 6.92 Å². The molecule has 2 aromatic rings. The van der Waals surface area contributed by atoms with Crippen molar-refractivity contribution in [3.05, 3.63) is 52.5 Å². The fraction of sp³-hybridized carbons (Fsp3) is 0.381. The van der Waals surface area contributed by atoms with Gasteiger partial charge in [0.1, 0.15) is 11.5 Å². The van der Waals surface area contributed by atoms with Crippen molar-refractivity contribution in [2.24, 2.45) is 0 Å². The van der Waals surface area contributed by atoms with Gasteiger partial charge in [-0.3, -0.25) is 9.69 Å². The number of hydrogen-bond acceptors (Lipinski definition) is 4.